The molecule has 0 atom stereocenters. The summed E-state index contributed by atoms with van der Waals surface area (Å²) in [6, 6.07) is 11.1. The van der Waals surface area contributed by atoms with Gasteiger partial charge < -0.3 is 0 Å². The molecule has 0 N–H and O–H groups in total. The van der Waals surface area contributed by atoms with Crippen LogP contribution in [0.5, 0.6) is 0 Å². The van der Waals surface area contributed by atoms with Crippen molar-refractivity contribution in [1.29, 1.82) is 0 Å². The predicted molar refractivity (Wildman–Crippen MR) is 85.9 cm³/mol. The minimum Gasteiger partial charge on any atom is -0.207 e. The van der Waals surface area contributed by atoms with Crippen LogP contribution in [0.1, 0.15) is 18.1 Å². The first-order chi connectivity index (χ1) is 10.3. The first-order valence-electron chi connectivity index (χ1n) is 6.85. The van der Waals surface area contributed by atoms with E-state index >= 15 is 0 Å². The lowest BCUT2D eigenvalue weighted by Crippen LogP contribution is -2.30. The fraction of sp³-hybridized carbons (Fsp3) is 0.250. The van der Waals surface area contributed by atoms with Crippen LogP contribution >= 0.6 is 11.6 Å². The topological polar surface area (TPSA) is 37.4 Å². The highest BCUT2D eigenvalue weighted by Gasteiger charge is 2.24. The van der Waals surface area contributed by atoms with Gasteiger partial charge in [0.2, 0.25) is 10.0 Å². The number of hydrogen-bond donors (Lipinski definition) is 0. The van der Waals surface area contributed by atoms with Crippen molar-refractivity contribution in [3.05, 3.63) is 64.4 Å². The Kier molecular flexibility index (Phi) is 5.21. The van der Waals surface area contributed by atoms with Crippen molar-refractivity contribution >= 4 is 21.6 Å². The first kappa shape index (κ1) is 16.9. The van der Waals surface area contributed by atoms with E-state index in [0.717, 1.165) is 23.3 Å². The molecule has 0 fully saturated rings. The van der Waals surface area contributed by atoms with Gasteiger partial charge >= 0.3 is 0 Å². The average Bonchev–Trinajstić information content (AvgIpc) is 2.47. The van der Waals surface area contributed by atoms with E-state index in [2.05, 4.69) is 0 Å². The lowest BCUT2D eigenvalue weighted by Gasteiger charge is -2.21. The molecule has 2 aromatic carbocycles. The van der Waals surface area contributed by atoms with Crippen LogP contribution in [0.25, 0.3) is 0 Å². The monoisotopic (exact) mass is 341 g/mol. The van der Waals surface area contributed by atoms with E-state index in [0.29, 0.717) is 6.54 Å². The van der Waals surface area contributed by atoms with Crippen molar-refractivity contribution in [3.8, 4) is 0 Å². The molecule has 3 nitrogen and oxygen atoms in total. The normalized spacial score (nSPS) is 11.9. The number of halogens is 2. The summed E-state index contributed by atoms with van der Waals surface area (Å²) in [5.74, 6) is -0.637. The highest BCUT2D eigenvalue weighted by Crippen LogP contribution is 2.23. The molecular formula is C16H17ClFNO2S. The number of hydrogen-bond acceptors (Lipinski definition) is 2. The van der Waals surface area contributed by atoms with Gasteiger partial charge in [-0.1, -0.05) is 48.4 Å². The smallest absolute Gasteiger partial charge is 0.207 e. The van der Waals surface area contributed by atoms with Crippen molar-refractivity contribution in [2.75, 3.05) is 6.54 Å². The summed E-state index contributed by atoms with van der Waals surface area (Å²) in [5.41, 5.74) is 1.97. The summed E-state index contributed by atoms with van der Waals surface area (Å²) in [4.78, 5) is -0.00611. The molecule has 0 aliphatic carbocycles. The summed E-state index contributed by atoms with van der Waals surface area (Å²) in [6.45, 7) is 4.29. The molecule has 2 rings (SSSR count). The van der Waals surface area contributed by atoms with Crippen LogP contribution in [0.4, 0.5) is 4.39 Å². The van der Waals surface area contributed by atoms with Gasteiger partial charge in [-0.3, -0.25) is 0 Å². The Morgan fingerprint density at radius 2 is 1.91 bits per heavy atom. The number of sulfonamides is 1. The fourth-order valence-corrected chi connectivity index (χ4v) is 3.88. The van der Waals surface area contributed by atoms with Crippen LogP contribution in [-0.4, -0.2) is 19.3 Å². The van der Waals surface area contributed by atoms with Gasteiger partial charge in [0.05, 0.1) is 9.92 Å². The molecule has 2 aromatic rings. The van der Waals surface area contributed by atoms with E-state index in [1.165, 1.54) is 10.4 Å². The molecule has 0 heterocycles. The Morgan fingerprint density at radius 3 is 2.50 bits per heavy atom. The molecular weight excluding hydrogens is 325 g/mol. The summed E-state index contributed by atoms with van der Waals surface area (Å²) in [6.07, 6.45) is 0. The Balaban J connectivity index is 2.34. The zero-order valence-electron chi connectivity index (χ0n) is 12.4. The maximum Gasteiger partial charge on any atom is 0.243 e. The summed E-state index contributed by atoms with van der Waals surface area (Å²) < 4.78 is 39.9. The Labute approximate surface area is 135 Å². The third kappa shape index (κ3) is 3.66. The Morgan fingerprint density at radius 1 is 1.18 bits per heavy atom. The molecule has 0 spiro atoms. The van der Waals surface area contributed by atoms with Gasteiger partial charge in [0.1, 0.15) is 5.82 Å². The quantitative estimate of drug-likeness (QED) is 0.824. The van der Waals surface area contributed by atoms with Gasteiger partial charge in [-0.2, -0.15) is 4.31 Å². The lowest BCUT2D eigenvalue weighted by atomic mass is 10.1. The lowest BCUT2D eigenvalue weighted by molar-refractivity contribution is 0.423. The van der Waals surface area contributed by atoms with Gasteiger partial charge in [0.25, 0.3) is 0 Å². The molecule has 0 saturated carbocycles. The number of rotatable bonds is 5. The van der Waals surface area contributed by atoms with Crippen LogP contribution in [-0.2, 0) is 16.6 Å². The third-order valence-corrected chi connectivity index (χ3v) is 5.53. The van der Waals surface area contributed by atoms with Crippen LogP contribution in [0.3, 0.4) is 0 Å². The van der Waals surface area contributed by atoms with Crippen molar-refractivity contribution in [2.45, 2.75) is 25.3 Å². The van der Waals surface area contributed by atoms with E-state index in [4.69, 9.17) is 11.6 Å². The Hall–Kier alpha value is -1.43. The second kappa shape index (κ2) is 6.77. The van der Waals surface area contributed by atoms with E-state index in [9.17, 15) is 12.8 Å². The molecule has 0 radical (unpaired) electrons. The summed E-state index contributed by atoms with van der Waals surface area (Å²) in [7, 11) is -3.72. The van der Waals surface area contributed by atoms with Crippen LogP contribution in [0.2, 0.25) is 5.02 Å². The minimum atomic E-state index is -3.72. The molecule has 6 heteroatoms. The highest BCUT2D eigenvalue weighted by molar-refractivity contribution is 7.89. The van der Waals surface area contributed by atoms with Crippen LogP contribution < -0.4 is 0 Å². The van der Waals surface area contributed by atoms with Crippen LogP contribution in [0, 0.1) is 12.7 Å². The molecule has 0 aromatic heterocycles. The fourth-order valence-electron chi connectivity index (χ4n) is 2.17. The summed E-state index contributed by atoms with van der Waals surface area (Å²) in [5, 5.41) is -0.201. The second-order valence-electron chi connectivity index (χ2n) is 5.00. The molecule has 0 bridgehead atoms. The maximum absolute atomic E-state index is 13.2. The highest BCUT2D eigenvalue weighted by atomic mass is 35.5. The molecule has 0 aliphatic rings. The van der Waals surface area contributed by atoms with E-state index in [1.807, 2.05) is 31.2 Å². The zero-order chi connectivity index (χ0) is 16.3. The molecule has 0 aliphatic heterocycles. The van der Waals surface area contributed by atoms with Crippen molar-refractivity contribution < 1.29 is 12.8 Å². The van der Waals surface area contributed by atoms with Gasteiger partial charge in [-0.25, -0.2) is 12.8 Å². The number of aryl methyl sites for hydroxylation is 1. The maximum atomic E-state index is 13.2. The standard InChI is InChI=1S/C16H17ClFNO2S/c1-3-19(11-13-6-4-5-12(2)9-13)22(20,21)14-7-8-16(18)15(17)10-14/h4-10H,3,11H2,1-2H3. The molecule has 118 valence electrons. The Bertz CT molecular complexity index is 777. The molecule has 0 amide bonds. The number of benzene rings is 2. The molecule has 0 saturated heterocycles. The van der Waals surface area contributed by atoms with Crippen molar-refractivity contribution in [2.24, 2.45) is 0 Å². The minimum absolute atomic E-state index is 0.00611. The van der Waals surface area contributed by atoms with Crippen molar-refractivity contribution in [3.63, 3.8) is 0 Å². The van der Waals surface area contributed by atoms with Gasteiger partial charge in [0, 0.05) is 13.1 Å². The predicted octanol–water partition coefficient (Wildman–Crippen LogP) is 4.00. The van der Waals surface area contributed by atoms with E-state index < -0.39 is 15.8 Å². The number of nitrogens with zero attached hydrogens (tertiary/aromatic N) is 1. The molecule has 0 unspecified atom stereocenters. The van der Waals surface area contributed by atoms with E-state index in [1.54, 1.807) is 6.92 Å². The van der Waals surface area contributed by atoms with Gasteiger partial charge in [-0.15, -0.1) is 0 Å². The largest absolute Gasteiger partial charge is 0.243 e. The second-order valence-corrected chi connectivity index (χ2v) is 7.34. The SMILES string of the molecule is CCN(Cc1cccc(C)c1)S(=O)(=O)c1ccc(F)c(Cl)c1. The van der Waals surface area contributed by atoms with Crippen LogP contribution in [0.15, 0.2) is 47.4 Å². The van der Waals surface area contributed by atoms with Gasteiger partial charge in [0.15, 0.2) is 0 Å². The average molecular weight is 342 g/mol. The first-order valence-corrected chi connectivity index (χ1v) is 8.67. The summed E-state index contributed by atoms with van der Waals surface area (Å²) >= 11 is 5.69. The van der Waals surface area contributed by atoms with Gasteiger partial charge in [-0.05, 0) is 30.7 Å². The molecule has 22 heavy (non-hydrogen) atoms. The van der Waals surface area contributed by atoms with E-state index in [-0.39, 0.29) is 16.5 Å². The third-order valence-electron chi connectivity index (χ3n) is 3.32. The van der Waals surface area contributed by atoms with Crippen molar-refractivity contribution in [1.82, 2.24) is 4.31 Å². The zero-order valence-corrected chi connectivity index (χ0v) is 14.0.